The Hall–Kier alpha value is -1.77. The second-order valence-corrected chi connectivity index (χ2v) is 6.98. The van der Waals surface area contributed by atoms with E-state index in [4.69, 9.17) is 17.0 Å². The van der Waals surface area contributed by atoms with Gasteiger partial charge >= 0.3 is 0 Å². The molecule has 0 saturated carbocycles. The fourth-order valence-corrected chi connectivity index (χ4v) is 3.33. The summed E-state index contributed by atoms with van der Waals surface area (Å²) in [5.41, 5.74) is 0.854. The zero-order valence-electron chi connectivity index (χ0n) is 12.2. The largest absolute Gasteiger partial charge is 0.496 e. The van der Waals surface area contributed by atoms with Gasteiger partial charge in [0.2, 0.25) is 4.77 Å². The van der Waals surface area contributed by atoms with Crippen LogP contribution in [0.3, 0.4) is 0 Å². The van der Waals surface area contributed by atoms with E-state index in [1.54, 1.807) is 29.3 Å². The number of halogens is 1. The monoisotopic (exact) mass is 408 g/mol. The molecular weight excluding hydrogens is 396 g/mol. The lowest BCUT2D eigenvalue weighted by molar-refractivity contribution is 0.414. The van der Waals surface area contributed by atoms with Crippen molar-refractivity contribution in [3.63, 3.8) is 0 Å². The molecule has 0 aliphatic rings. The van der Waals surface area contributed by atoms with Gasteiger partial charge in [-0.25, -0.2) is 0 Å². The first-order valence-corrected chi connectivity index (χ1v) is 8.82. The maximum atomic E-state index is 5.35. The first-order chi connectivity index (χ1) is 11.2. The average molecular weight is 409 g/mol. The molecular formula is C15H13BrN4OS2. The Bertz CT molecular complexity index is 883. The molecule has 2 heterocycles. The summed E-state index contributed by atoms with van der Waals surface area (Å²) in [6.45, 7) is 0. The lowest BCUT2D eigenvalue weighted by Gasteiger charge is -2.05. The second kappa shape index (κ2) is 7.20. The Labute approximate surface area is 150 Å². The maximum absolute atomic E-state index is 5.35. The van der Waals surface area contributed by atoms with Crippen LogP contribution in [0.2, 0.25) is 0 Å². The van der Waals surface area contributed by atoms with Crippen molar-refractivity contribution in [2.75, 3.05) is 7.11 Å². The Morgan fingerprint density at radius 3 is 3.09 bits per heavy atom. The first kappa shape index (κ1) is 16.1. The molecule has 5 nitrogen and oxygen atoms in total. The molecule has 0 atom stereocenters. The lowest BCUT2D eigenvalue weighted by atomic mass is 10.2. The van der Waals surface area contributed by atoms with Gasteiger partial charge in [-0.2, -0.15) is 14.9 Å². The van der Waals surface area contributed by atoms with Crippen molar-refractivity contribution < 1.29 is 4.74 Å². The SMILES string of the molecule is COc1ccc(Br)cc1/C=N\n1c(Cc2cccs2)n[nH]c1=S. The molecule has 8 heteroatoms. The minimum atomic E-state index is 0.460. The summed E-state index contributed by atoms with van der Waals surface area (Å²) in [7, 11) is 1.63. The van der Waals surface area contributed by atoms with Gasteiger partial charge in [-0.05, 0) is 41.9 Å². The molecule has 0 radical (unpaired) electrons. The van der Waals surface area contributed by atoms with Crippen molar-refractivity contribution in [2.45, 2.75) is 6.42 Å². The molecule has 118 valence electrons. The van der Waals surface area contributed by atoms with Crippen molar-refractivity contribution in [2.24, 2.45) is 5.10 Å². The molecule has 0 bridgehead atoms. The number of aromatic amines is 1. The second-order valence-electron chi connectivity index (χ2n) is 4.64. The molecule has 0 unspecified atom stereocenters. The van der Waals surface area contributed by atoms with Crippen molar-refractivity contribution >= 4 is 45.7 Å². The number of benzene rings is 1. The first-order valence-electron chi connectivity index (χ1n) is 6.74. The molecule has 2 aromatic heterocycles. The summed E-state index contributed by atoms with van der Waals surface area (Å²) in [6.07, 6.45) is 2.39. The fraction of sp³-hybridized carbons (Fsp3) is 0.133. The smallest absolute Gasteiger partial charge is 0.216 e. The van der Waals surface area contributed by atoms with Crippen molar-refractivity contribution in [3.8, 4) is 5.75 Å². The molecule has 3 rings (SSSR count). The van der Waals surface area contributed by atoms with Crippen LogP contribution in [0.5, 0.6) is 5.75 Å². The number of nitrogens with one attached hydrogen (secondary N) is 1. The third-order valence-electron chi connectivity index (χ3n) is 3.13. The minimum absolute atomic E-state index is 0.460. The number of hydrogen-bond acceptors (Lipinski definition) is 5. The van der Waals surface area contributed by atoms with E-state index < -0.39 is 0 Å². The third kappa shape index (κ3) is 3.77. The summed E-state index contributed by atoms with van der Waals surface area (Å²) in [5, 5.41) is 13.6. The lowest BCUT2D eigenvalue weighted by Crippen LogP contribution is -2.00. The molecule has 1 N–H and O–H groups in total. The van der Waals surface area contributed by atoms with Gasteiger partial charge in [0.25, 0.3) is 0 Å². The topological polar surface area (TPSA) is 55.2 Å². The predicted octanol–water partition coefficient (Wildman–Crippen LogP) is 4.25. The van der Waals surface area contributed by atoms with Gasteiger partial charge in [-0.15, -0.1) is 11.3 Å². The molecule has 0 aliphatic heterocycles. The van der Waals surface area contributed by atoms with Crippen LogP contribution in [0, 0.1) is 4.77 Å². The van der Waals surface area contributed by atoms with Gasteiger partial charge in [0.05, 0.1) is 13.3 Å². The summed E-state index contributed by atoms with van der Waals surface area (Å²) in [4.78, 5) is 1.20. The van der Waals surface area contributed by atoms with E-state index in [1.807, 2.05) is 29.6 Å². The van der Waals surface area contributed by atoms with Crippen LogP contribution in [0.25, 0.3) is 0 Å². The van der Waals surface area contributed by atoms with Crippen LogP contribution in [0.15, 0.2) is 45.3 Å². The van der Waals surface area contributed by atoms with Gasteiger partial charge in [-0.3, -0.25) is 5.10 Å². The molecule has 23 heavy (non-hydrogen) atoms. The number of methoxy groups -OCH3 is 1. The maximum Gasteiger partial charge on any atom is 0.216 e. The standard InChI is InChI=1S/C15H13BrN4OS2/c1-21-13-5-4-11(16)7-10(13)9-17-20-14(18-19-15(20)22)8-12-3-2-6-23-12/h2-7,9H,8H2,1H3,(H,19,22)/b17-9-. The van der Waals surface area contributed by atoms with Gasteiger partial charge in [0.15, 0.2) is 5.82 Å². The van der Waals surface area contributed by atoms with Gasteiger partial charge < -0.3 is 4.74 Å². The summed E-state index contributed by atoms with van der Waals surface area (Å²) in [6, 6.07) is 9.81. The zero-order chi connectivity index (χ0) is 16.2. The Kier molecular flexibility index (Phi) is 5.04. The van der Waals surface area contributed by atoms with E-state index in [2.05, 4.69) is 37.3 Å². The molecule has 3 aromatic rings. The summed E-state index contributed by atoms with van der Waals surface area (Å²) in [5.74, 6) is 1.51. The van der Waals surface area contributed by atoms with Crippen LogP contribution in [0.1, 0.15) is 16.3 Å². The highest BCUT2D eigenvalue weighted by Crippen LogP contribution is 2.21. The minimum Gasteiger partial charge on any atom is -0.496 e. The van der Waals surface area contributed by atoms with Crippen LogP contribution < -0.4 is 4.74 Å². The van der Waals surface area contributed by atoms with Gasteiger partial charge in [-0.1, -0.05) is 22.0 Å². The van der Waals surface area contributed by atoms with Crippen molar-refractivity contribution in [1.82, 2.24) is 14.9 Å². The van der Waals surface area contributed by atoms with Gasteiger partial charge in [0.1, 0.15) is 5.75 Å². The molecule has 1 aromatic carbocycles. The Balaban J connectivity index is 1.92. The van der Waals surface area contributed by atoms with Crippen LogP contribution in [0.4, 0.5) is 0 Å². The van der Waals surface area contributed by atoms with Crippen molar-refractivity contribution in [1.29, 1.82) is 0 Å². The predicted molar refractivity (Wildman–Crippen MR) is 98.2 cm³/mol. The number of ether oxygens (including phenoxy) is 1. The molecule has 0 saturated heterocycles. The number of H-pyrrole nitrogens is 1. The number of thiophene rings is 1. The Morgan fingerprint density at radius 1 is 1.48 bits per heavy atom. The van der Waals surface area contributed by atoms with Crippen LogP contribution >= 0.6 is 39.5 Å². The zero-order valence-corrected chi connectivity index (χ0v) is 15.4. The van der Waals surface area contributed by atoms with E-state index in [9.17, 15) is 0 Å². The van der Waals surface area contributed by atoms with E-state index >= 15 is 0 Å². The third-order valence-corrected chi connectivity index (χ3v) is 4.77. The fourth-order valence-electron chi connectivity index (χ4n) is 2.05. The molecule has 0 fully saturated rings. The molecule has 0 spiro atoms. The number of rotatable bonds is 5. The summed E-state index contributed by atoms with van der Waals surface area (Å²) < 4.78 is 8.39. The van der Waals surface area contributed by atoms with E-state index in [0.717, 1.165) is 21.6 Å². The number of aromatic nitrogens is 3. The summed E-state index contributed by atoms with van der Waals surface area (Å²) >= 11 is 10.4. The van der Waals surface area contributed by atoms with Gasteiger partial charge in [0, 0.05) is 21.3 Å². The van der Waals surface area contributed by atoms with Crippen LogP contribution in [-0.4, -0.2) is 28.2 Å². The van der Waals surface area contributed by atoms with Crippen LogP contribution in [-0.2, 0) is 6.42 Å². The number of hydrogen-bond donors (Lipinski definition) is 1. The average Bonchev–Trinajstić information content (AvgIpc) is 3.17. The molecule has 0 aliphatic carbocycles. The van der Waals surface area contributed by atoms with E-state index in [-0.39, 0.29) is 0 Å². The number of nitrogens with zero attached hydrogens (tertiary/aromatic N) is 3. The normalized spacial score (nSPS) is 11.2. The van der Waals surface area contributed by atoms with E-state index in [1.165, 1.54) is 4.88 Å². The van der Waals surface area contributed by atoms with E-state index in [0.29, 0.717) is 11.2 Å². The Morgan fingerprint density at radius 2 is 2.35 bits per heavy atom. The highest BCUT2D eigenvalue weighted by molar-refractivity contribution is 9.10. The highest BCUT2D eigenvalue weighted by Gasteiger charge is 2.07. The quantitative estimate of drug-likeness (QED) is 0.507. The van der Waals surface area contributed by atoms with Crippen molar-refractivity contribution in [3.05, 3.63) is 61.2 Å². The highest BCUT2D eigenvalue weighted by atomic mass is 79.9. The molecule has 0 amide bonds.